The standard InChI is InChI=1S/C10H19NO2S/c1-14-6-5-10(13)11-7-8-3-2-4-9(8)12/h8-9,12H,2-7H2,1H3,(H,11,13). The Morgan fingerprint density at radius 1 is 1.57 bits per heavy atom. The van der Waals surface area contributed by atoms with Gasteiger partial charge >= 0.3 is 0 Å². The maximum atomic E-state index is 11.3. The molecule has 2 atom stereocenters. The smallest absolute Gasteiger partial charge is 0.220 e. The van der Waals surface area contributed by atoms with E-state index in [1.807, 2.05) is 6.26 Å². The molecule has 1 aliphatic rings. The monoisotopic (exact) mass is 217 g/mol. The molecule has 1 saturated carbocycles. The molecule has 1 aliphatic carbocycles. The highest BCUT2D eigenvalue weighted by Gasteiger charge is 2.25. The van der Waals surface area contributed by atoms with Gasteiger partial charge in [0.1, 0.15) is 0 Å². The highest BCUT2D eigenvalue weighted by atomic mass is 32.2. The molecule has 1 amide bonds. The fourth-order valence-electron chi connectivity index (χ4n) is 1.78. The molecule has 82 valence electrons. The van der Waals surface area contributed by atoms with E-state index in [0.29, 0.717) is 13.0 Å². The van der Waals surface area contributed by atoms with Crippen LogP contribution < -0.4 is 5.32 Å². The Morgan fingerprint density at radius 3 is 2.93 bits per heavy atom. The summed E-state index contributed by atoms with van der Waals surface area (Å²) in [5, 5.41) is 12.4. The summed E-state index contributed by atoms with van der Waals surface area (Å²) in [5.41, 5.74) is 0. The zero-order chi connectivity index (χ0) is 10.4. The van der Waals surface area contributed by atoms with Crippen LogP contribution in [0.2, 0.25) is 0 Å². The van der Waals surface area contributed by atoms with E-state index in [9.17, 15) is 9.90 Å². The first-order valence-electron chi connectivity index (χ1n) is 5.17. The number of aliphatic hydroxyl groups is 1. The highest BCUT2D eigenvalue weighted by molar-refractivity contribution is 7.98. The quantitative estimate of drug-likeness (QED) is 0.723. The van der Waals surface area contributed by atoms with E-state index in [2.05, 4.69) is 5.32 Å². The van der Waals surface area contributed by atoms with Crippen molar-refractivity contribution >= 4 is 17.7 Å². The molecule has 0 heterocycles. The summed E-state index contributed by atoms with van der Waals surface area (Å²) in [5.74, 6) is 1.27. The van der Waals surface area contributed by atoms with E-state index in [-0.39, 0.29) is 17.9 Å². The molecular formula is C10H19NO2S. The Kier molecular flexibility index (Phi) is 5.33. The fourth-order valence-corrected chi connectivity index (χ4v) is 2.17. The fraction of sp³-hybridized carbons (Fsp3) is 0.900. The first kappa shape index (κ1) is 11.9. The molecule has 2 unspecified atom stereocenters. The van der Waals surface area contributed by atoms with Gasteiger partial charge < -0.3 is 10.4 Å². The summed E-state index contributed by atoms with van der Waals surface area (Å²) in [4.78, 5) is 11.3. The molecule has 0 aliphatic heterocycles. The van der Waals surface area contributed by atoms with Crippen LogP contribution >= 0.6 is 11.8 Å². The number of carbonyl (C=O) groups excluding carboxylic acids is 1. The molecule has 14 heavy (non-hydrogen) atoms. The van der Waals surface area contributed by atoms with Crippen LogP contribution in [0.15, 0.2) is 0 Å². The topological polar surface area (TPSA) is 49.3 Å². The van der Waals surface area contributed by atoms with E-state index in [4.69, 9.17) is 0 Å². The first-order valence-corrected chi connectivity index (χ1v) is 6.57. The number of carbonyl (C=O) groups is 1. The van der Waals surface area contributed by atoms with E-state index in [1.54, 1.807) is 11.8 Å². The number of amides is 1. The molecule has 1 fully saturated rings. The number of aliphatic hydroxyl groups excluding tert-OH is 1. The van der Waals surface area contributed by atoms with E-state index in [0.717, 1.165) is 25.0 Å². The van der Waals surface area contributed by atoms with Gasteiger partial charge in [0.05, 0.1) is 6.10 Å². The SMILES string of the molecule is CSCCC(=O)NCC1CCCC1O. The molecule has 1 rings (SSSR count). The summed E-state index contributed by atoms with van der Waals surface area (Å²) in [6.07, 6.45) is 5.41. The van der Waals surface area contributed by atoms with Crippen LogP contribution in [0.25, 0.3) is 0 Å². The second-order valence-corrected chi connectivity index (χ2v) is 4.79. The number of nitrogens with one attached hydrogen (secondary N) is 1. The number of thioether (sulfide) groups is 1. The van der Waals surface area contributed by atoms with Crippen molar-refractivity contribution in [3.63, 3.8) is 0 Å². The van der Waals surface area contributed by atoms with Crippen LogP contribution in [-0.4, -0.2) is 35.7 Å². The average molecular weight is 217 g/mol. The molecule has 0 aromatic carbocycles. The third kappa shape index (κ3) is 3.88. The van der Waals surface area contributed by atoms with Crippen molar-refractivity contribution < 1.29 is 9.90 Å². The third-order valence-electron chi connectivity index (χ3n) is 2.71. The molecular weight excluding hydrogens is 198 g/mol. The lowest BCUT2D eigenvalue weighted by molar-refractivity contribution is -0.120. The van der Waals surface area contributed by atoms with Crippen LogP contribution in [-0.2, 0) is 4.79 Å². The number of hydrogen-bond acceptors (Lipinski definition) is 3. The molecule has 0 aromatic rings. The van der Waals surface area contributed by atoms with Crippen LogP contribution in [0.3, 0.4) is 0 Å². The van der Waals surface area contributed by atoms with Crippen molar-refractivity contribution in [1.82, 2.24) is 5.32 Å². The molecule has 3 nitrogen and oxygen atoms in total. The van der Waals surface area contributed by atoms with Gasteiger partial charge in [-0.05, 0) is 19.1 Å². The lowest BCUT2D eigenvalue weighted by Crippen LogP contribution is -2.32. The summed E-state index contributed by atoms with van der Waals surface area (Å²) < 4.78 is 0. The molecule has 0 aromatic heterocycles. The molecule has 4 heteroatoms. The van der Waals surface area contributed by atoms with Crippen molar-refractivity contribution in [1.29, 1.82) is 0 Å². The number of rotatable bonds is 5. The molecule has 2 N–H and O–H groups in total. The summed E-state index contributed by atoms with van der Waals surface area (Å²) in [6.45, 7) is 0.647. The highest BCUT2D eigenvalue weighted by Crippen LogP contribution is 2.24. The number of hydrogen-bond donors (Lipinski definition) is 2. The van der Waals surface area contributed by atoms with Gasteiger partial charge in [-0.15, -0.1) is 0 Å². The summed E-state index contributed by atoms with van der Waals surface area (Å²) in [6, 6.07) is 0. The predicted octanol–water partition coefficient (Wildman–Crippen LogP) is 1.02. The van der Waals surface area contributed by atoms with Gasteiger partial charge in [0, 0.05) is 24.6 Å². The minimum atomic E-state index is -0.198. The van der Waals surface area contributed by atoms with Crippen LogP contribution in [0.1, 0.15) is 25.7 Å². The normalized spacial score (nSPS) is 26.4. The minimum Gasteiger partial charge on any atom is -0.393 e. The Hall–Kier alpha value is -0.220. The zero-order valence-electron chi connectivity index (χ0n) is 8.66. The zero-order valence-corrected chi connectivity index (χ0v) is 9.48. The summed E-state index contributed by atoms with van der Waals surface area (Å²) >= 11 is 1.68. The largest absolute Gasteiger partial charge is 0.393 e. The van der Waals surface area contributed by atoms with Crippen molar-refractivity contribution in [2.45, 2.75) is 31.8 Å². The molecule has 0 saturated heterocycles. The first-order chi connectivity index (χ1) is 6.74. The maximum Gasteiger partial charge on any atom is 0.220 e. The Morgan fingerprint density at radius 2 is 2.36 bits per heavy atom. The van der Waals surface area contributed by atoms with Gasteiger partial charge in [-0.25, -0.2) is 0 Å². The third-order valence-corrected chi connectivity index (χ3v) is 3.33. The van der Waals surface area contributed by atoms with E-state index in [1.165, 1.54) is 0 Å². The molecule has 0 radical (unpaired) electrons. The lowest BCUT2D eigenvalue weighted by atomic mass is 10.1. The van der Waals surface area contributed by atoms with Crippen LogP contribution in [0, 0.1) is 5.92 Å². The van der Waals surface area contributed by atoms with Gasteiger partial charge in [-0.2, -0.15) is 11.8 Å². The maximum absolute atomic E-state index is 11.3. The molecule has 0 spiro atoms. The van der Waals surface area contributed by atoms with Gasteiger partial charge in [0.15, 0.2) is 0 Å². The summed E-state index contributed by atoms with van der Waals surface area (Å²) in [7, 11) is 0. The van der Waals surface area contributed by atoms with Gasteiger partial charge in [0.25, 0.3) is 0 Å². The van der Waals surface area contributed by atoms with E-state index < -0.39 is 0 Å². The van der Waals surface area contributed by atoms with Gasteiger partial charge in [-0.3, -0.25) is 4.79 Å². The Balaban J connectivity index is 2.10. The van der Waals surface area contributed by atoms with Gasteiger partial charge in [-0.1, -0.05) is 6.42 Å². The van der Waals surface area contributed by atoms with Gasteiger partial charge in [0.2, 0.25) is 5.91 Å². The minimum absolute atomic E-state index is 0.110. The second kappa shape index (κ2) is 6.30. The molecule has 0 bridgehead atoms. The van der Waals surface area contributed by atoms with Crippen molar-refractivity contribution in [2.24, 2.45) is 5.92 Å². The Bertz CT molecular complexity index is 187. The predicted molar refractivity (Wildman–Crippen MR) is 59.4 cm³/mol. The van der Waals surface area contributed by atoms with Crippen molar-refractivity contribution in [3.8, 4) is 0 Å². The van der Waals surface area contributed by atoms with Crippen molar-refractivity contribution in [2.75, 3.05) is 18.6 Å². The van der Waals surface area contributed by atoms with Crippen LogP contribution in [0.4, 0.5) is 0 Å². The van der Waals surface area contributed by atoms with Crippen molar-refractivity contribution in [3.05, 3.63) is 0 Å². The lowest BCUT2D eigenvalue weighted by Gasteiger charge is -2.14. The van der Waals surface area contributed by atoms with E-state index >= 15 is 0 Å². The second-order valence-electron chi connectivity index (χ2n) is 3.81. The van der Waals surface area contributed by atoms with Crippen LogP contribution in [0.5, 0.6) is 0 Å². The Labute approximate surface area is 89.6 Å². The average Bonchev–Trinajstić information content (AvgIpc) is 2.58.